The highest BCUT2D eigenvalue weighted by atomic mass is 32.1. The van der Waals surface area contributed by atoms with Crippen molar-refractivity contribution >= 4 is 101 Å². The van der Waals surface area contributed by atoms with Crippen molar-refractivity contribution in [3.05, 3.63) is 52.1 Å². The van der Waals surface area contributed by atoms with Crippen LogP contribution < -0.4 is 64.9 Å². The monoisotopic (exact) mass is 1020 g/mol. The third kappa shape index (κ3) is 19.4. The number of nitrogens with two attached hydrogens (primary N) is 2. The smallest absolute Gasteiger partial charge is 0.327 e. The zero-order valence-electron chi connectivity index (χ0n) is 37.4. The second kappa shape index (κ2) is 27.2. The molecule has 0 fully saturated rings. The summed E-state index contributed by atoms with van der Waals surface area (Å²) >= 11 is 3.79. The summed E-state index contributed by atoms with van der Waals surface area (Å²) < 4.78 is 0. The summed E-state index contributed by atoms with van der Waals surface area (Å²) in [4.78, 5) is 152. The summed E-state index contributed by atoms with van der Waals surface area (Å²) in [7, 11) is 0. The number of carbonyl (C=O) groups is 10. The summed E-state index contributed by atoms with van der Waals surface area (Å²) in [6, 6.07) is -4.89. The number of nitrogen functional groups attached to an aromatic ring is 1. The zero-order valence-corrected chi connectivity index (χ0v) is 38.3. The van der Waals surface area contributed by atoms with Crippen LogP contribution >= 0.6 is 12.6 Å². The van der Waals surface area contributed by atoms with Crippen LogP contribution in [-0.2, 0) is 44.9 Å². The van der Waals surface area contributed by atoms with E-state index in [1.807, 2.05) is 10.6 Å². The largest absolute Gasteiger partial charge is 0.481 e. The number of rotatable bonds is 28. The summed E-state index contributed by atoms with van der Waals surface area (Å²) in [5.74, 6) is -13.2. The Labute approximate surface area is 405 Å². The summed E-state index contributed by atoms with van der Waals surface area (Å²) in [6.45, 7) is 1.37. The van der Waals surface area contributed by atoms with Crippen LogP contribution in [0.1, 0.15) is 55.1 Å². The molecule has 3 rings (SSSR count). The van der Waals surface area contributed by atoms with Crippen molar-refractivity contribution in [2.24, 2.45) is 5.73 Å². The molecule has 1 aromatic carbocycles. The molecule has 0 aliphatic heterocycles. The van der Waals surface area contributed by atoms with E-state index >= 15 is 0 Å². The van der Waals surface area contributed by atoms with Crippen LogP contribution in [0.4, 0.5) is 16.4 Å². The first-order valence-corrected chi connectivity index (χ1v) is 21.6. The van der Waals surface area contributed by atoms with Crippen molar-refractivity contribution in [3.8, 4) is 0 Å². The van der Waals surface area contributed by atoms with E-state index in [0.717, 1.165) is 0 Å². The highest BCUT2D eigenvalue weighted by Crippen LogP contribution is 2.12. The van der Waals surface area contributed by atoms with Crippen LogP contribution in [0.2, 0.25) is 0 Å². The third-order valence-electron chi connectivity index (χ3n) is 9.49. The number of thiol groups is 1. The normalized spacial score (nSPS) is 13.3. The average Bonchev–Trinajstić information content (AvgIpc) is 3.29. The van der Waals surface area contributed by atoms with E-state index in [1.54, 1.807) is 12.1 Å². The van der Waals surface area contributed by atoms with E-state index < -0.39 is 132 Å². The van der Waals surface area contributed by atoms with Crippen LogP contribution in [0.5, 0.6) is 0 Å². The number of aromatic amines is 1. The summed E-state index contributed by atoms with van der Waals surface area (Å²) in [5.41, 5.74) is 11.6. The first kappa shape index (κ1) is 56.5. The van der Waals surface area contributed by atoms with E-state index in [9.17, 15) is 73.2 Å². The maximum absolute atomic E-state index is 13.6. The third-order valence-corrected chi connectivity index (χ3v) is 9.86. The van der Waals surface area contributed by atoms with Crippen molar-refractivity contribution in [1.82, 2.24) is 62.5 Å². The van der Waals surface area contributed by atoms with Crippen LogP contribution in [-0.4, -0.2) is 161 Å². The number of urea groups is 1. The number of fused-ring (bicyclic) bond motifs is 1. The lowest BCUT2D eigenvalue weighted by Gasteiger charge is -2.26. The lowest BCUT2D eigenvalue weighted by Crippen LogP contribution is -2.60. The Hall–Kier alpha value is -8.84. The van der Waals surface area contributed by atoms with Crippen LogP contribution in [0.15, 0.2) is 35.3 Å². The molecule has 2 heterocycles. The number of carbonyl (C=O) groups excluding carboxylic acids is 6. The lowest BCUT2D eigenvalue weighted by molar-refractivity contribution is -0.144. The average molecular weight is 1020 g/mol. The molecule has 2 aromatic heterocycles. The second-order valence-corrected chi connectivity index (χ2v) is 15.6. The number of aromatic nitrogens is 4. The van der Waals surface area contributed by atoms with Gasteiger partial charge in [-0.2, -0.15) is 17.6 Å². The van der Waals surface area contributed by atoms with Gasteiger partial charge in [0.05, 0.1) is 37.7 Å². The van der Waals surface area contributed by atoms with Gasteiger partial charge in [-0.05, 0) is 44.0 Å². The van der Waals surface area contributed by atoms with Crippen LogP contribution in [0, 0.1) is 5.41 Å². The van der Waals surface area contributed by atoms with Gasteiger partial charge in [0, 0.05) is 36.1 Å². The molecule has 0 aliphatic carbocycles. The van der Waals surface area contributed by atoms with E-state index in [2.05, 4.69) is 69.8 Å². The predicted octanol–water partition coefficient (Wildman–Crippen LogP) is -4.67. The number of anilines is 2. The molecule has 0 unspecified atom stereocenters. The minimum absolute atomic E-state index is 0.000492. The molecular formula is C39H52N16O15S. The molecule has 3 aromatic rings. The quantitative estimate of drug-likeness (QED) is 0.0141. The maximum Gasteiger partial charge on any atom is 0.327 e. The standard InChI is InChI=1S/C39H52N16O15S/c1-16(47-30(62)17-4-6-18(7-5-17)44-13-19-14-45-29-28(48-19)35(67)55-38(42)54-29)12-46-39(70)53-23(11-27(60)61)34(66)49-20(3-2-8-43-37(40)41)31(63)50-21(9-25(56)57)32(64)51-22(10-26(58)59)33(65)52-24(15-71)36(68)69/h4-7,14,16,20-24,44,71H,2-3,8-13,15H2,1H3,(H,47,62)(H,49,66)(H,50,63)(H,51,64)(H,52,65)(H,56,57)(H,58,59)(H,60,61)(H,68,69)(H4,40,41,43)(H2,46,53,70)(H3,42,45,54,55,67)/t16-,20+,21+,22+,23+,24+/m1/s1. The van der Waals surface area contributed by atoms with Gasteiger partial charge in [-0.15, -0.1) is 0 Å². The lowest BCUT2D eigenvalue weighted by atomic mass is 10.1. The number of benzene rings is 1. The molecule has 0 saturated heterocycles. The highest BCUT2D eigenvalue weighted by molar-refractivity contribution is 7.80. The van der Waals surface area contributed by atoms with Crippen LogP contribution in [0.3, 0.4) is 0 Å². The Morgan fingerprint density at radius 3 is 1.77 bits per heavy atom. The van der Waals surface area contributed by atoms with Crippen molar-refractivity contribution in [2.75, 3.05) is 29.9 Å². The van der Waals surface area contributed by atoms with Gasteiger partial charge in [0.1, 0.15) is 30.2 Å². The van der Waals surface area contributed by atoms with Gasteiger partial charge >= 0.3 is 29.9 Å². The molecule has 31 nitrogen and oxygen atoms in total. The molecule has 32 heteroatoms. The summed E-state index contributed by atoms with van der Waals surface area (Å²) in [6.07, 6.45) is -2.30. The fourth-order valence-electron chi connectivity index (χ4n) is 6.03. The molecule has 19 N–H and O–H groups in total. The number of carboxylic acids is 4. The van der Waals surface area contributed by atoms with E-state index in [4.69, 9.17) is 16.9 Å². The van der Waals surface area contributed by atoms with Crippen molar-refractivity contribution in [3.63, 3.8) is 0 Å². The first-order chi connectivity index (χ1) is 33.4. The molecular weight excluding hydrogens is 965 g/mol. The van der Waals surface area contributed by atoms with Crippen molar-refractivity contribution < 1.29 is 68.4 Å². The summed E-state index contributed by atoms with van der Waals surface area (Å²) in [5, 5.41) is 66.0. The number of hydrogen-bond acceptors (Lipinski definition) is 18. The van der Waals surface area contributed by atoms with Gasteiger partial charge in [0.2, 0.25) is 29.6 Å². The SMILES string of the molecule is C[C@H](CNC(=O)N[C@@H](CC(=O)O)C(=O)N[C@@H](CCCNC(=N)N)C(=O)N[C@@H](CC(=O)O)C(=O)N[C@@H](CC(=O)O)C(=O)N[C@@H](CS)C(=O)O)NC(=O)c1ccc(NCc2cnc3nc(N)[nH]c(=O)c3n2)cc1. The van der Waals surface area contributed by atoms with E-state index in [1.165, 1.54) is 25.3 Å². The topological polar surface area (TPSA) is 507 Å². The number of guanidine groups is 1. The Balaban J connectivity index is 1.65. The number of hydrogen-bond donors (Lipinski definition) is 18. The first-order valence-electron chi connectivity index (χ1n) is 20.9. The predicted molar refractivity (Wildman–Crippen MR) is 249 cm³/mol. The number of carboxylic acid groups (broad SMARTS) is 4. The molecule has 0 spiro atoms. The Kier molecular flexibility index (Phi) is 21.7. The Morgan fingerprint density at radius 2 is 1.25 bits per heavy atom. The Morgan fingerprint density at radius 1 is 0.732 bits per heavy atom. The maximum atomic E-state index is 13.6. The molecule has 0 saturated carbocycles. The van der Waals surface area contributed by atoms with Gasteiger partial charge in [0.15, 0.2) is 17.1 Å². The fraction of sp³-hybridized carbons (Fsp3) is 0.410. The van der Waals surface area contributed by atoms with Gasteiger partial charge in [-0.25, -0.2) is 19.6 Å². The molecule has 0 bridgehead atoms. The minimum atomic E-state index is -2.06. The number of aliphatic carboxylic acids is 4. The number of amides is 7. The van der Waals surface area contributed by atoms with Crippen molar-refractivity contribution in [2.45, 2.75) is 81.8 Å². The molecule has 384 valence electrons. The fourth-order valence-corrected chi connectivity index (χ4v) is 6.27. The molecule has 71 heavy (non-hydrogen) atoms. The number of nitrogens with one attached hydrogen (secondary N) is 11. The molecule has 7 amide bonds. The number of nitrogens with zero attached hydrogens (tertiary/aromatic N) is 3. The van der Waals surface area contributed by atoms with Gasteiger partial charge < -0.3 is 79.7 Å². The molecule has 6 atom stereocenters. The molecule has 0 radical (unpaired) electrons. The van der Waals surface area contributed by atoms with Gasteiger partial charge in [0.25, 0.3) is 11.5 Å². The van der Waals surface area contributed by atoms with E-state index in [-0.39, 0.29) is 55.2 Å². The van der Waals surface area contributed by atoms with Crippen LogP contribution in [0.25, 0.3) is 11.2 Å². The minimum Gasteiger partial charge on any atom is -0.481 e. The zero-order chi connectivity index (χ0) is 52.9. The Bertz CT molecular complexity index is 2550. The van der Waals surface area contributed by atoms with E-state index in [0.29, 0.717) is 11.4 Å². The second-order valence-electron chi connectivity index (χ2n) is 15.2. The van der Waals surface area contributed by atoms with Gasteiger partial charge in [-0.3, -0.25) is 53.5 Å². The number of H-pyrrole nitrogens is 1. The van der Waals surface area contributed by atoms with Crippen molar-refractivity contribution in [1.29, 1.82) is 5.41 Å². The highest BCUT2D eigenvalue weighted by Gasteiger charge is 2.34. The van der Waals surface area contributed by atoms with Gasteiger partial charge in [-0.1, -0.05) is 0 Å². The molecule has 0 aliphatic rings.